The molecule has 29 heavy (non-hydrogen) atoms. The summed E-state index contributed by atoms with van der Waals surface area (Å²) >= 11 is 5.85. The fraction of sp³-hybridized carbons (Fsp3) is 0.364. The van der Waals surface area contributed by atoms with Gasteiger partial charge in [0.1, 0.15) is 22.8 Å². The number of halogens is 1. The minimum atomic E-state index is -0.647. The van der Waals surface area contributed by atoms with Crippen molar-refractivity contribution in [3.8, 4) is 17.2 Å². The Kier molecular flexibility index (Phi) is 5.37. The maximum Gasteiger partial charge on any atom is 0.226 e. The highest BCUT2D eigenvalue weighted by atomic mass is 35.5. The molecule has 2 aliphatic rings. The van der Waals surface area contributed by atoms with Crippen LogP contribution in [0.5, 0.6) is 17.2 Å². The van der Waals surface area contributed by atoms with E-state index in [-0.39, 0.29) is 31.1 Å². The van der Waals surface area contributed by atoms with Crippen LogP contribution in [0.4, 0.5) is 0 Å². The summed E-state index contributed by atoms with van der Waals surface area (Å²) < 4.78 is 17.0. The van der Waals surface area contributed by atoms with Crippen molar-refractivity contribution in [2.75, 3.05) is 26.8 Å². The van der Waals surface area contributed by atoms with E-state index in [0.717, 1.165) is 0 Å². The Hall–Kier alpha value is -2.73. The highest BCUT2D eigenvalue weighted by molar-refractivity contribution is 6.30. The van der Waals surface area contributed by atoms with Crippen molar-refractivity contribution in [2.45, 2.75) is 24.9 Å². The predicted octanol–water partition coefficient (Wildman–Crippen LogP) is 3.75. The van der Waals surface area contributed by atoms with E-state index in [2.05, 4.69) is 0 Å². The molecule has 7 heteroatoms. The van der Waals surface area contributed by atoms with Gasteiger partial charge in [0, 0.05) is 18.0 Å². The third-order valence-corrected chi connectivity index (χ3v) is 5.62. The van der Waals surface area contributed by atoms with Crippen molar-refractivity contribution in [3.63, 3.8) is 0 Å². The molecule has 0 bridgehead atoms. The SMILES string of the molecule is COc1ccc2c(c1)C(=O)CC1(CCN(C(=O)CCOc3ccc(Cl)cc3)C1)O2. The maximum atomic E-state index is 12.7. The minimum absolute atomic E-state index is 0.00702. The molecular weight excluding hydrogens is 394 g/mol. The predicted molar refractivity (Wildman–Crippen MR) is 108 cm³/mol. The van der Waals surface area contributed by atoms with Crippen LogP contribution in [0.1, 0.15) is 29.6 Å². The molecule has 2 aromatic carbocycles. The van der Waals surface area contributed by atoms with Gasteiger partial charge in [0.2, 0.25) is 5.91 Å². The quantitative estimate of drug-likeness (QED) is 0.744. The summed E-state index contributed by atoms with van der Waals surface area (Å²) in [4.78, 5) is 27.0. The Morgan fingerprint density at radius 2 is 1.97 bits per heavy atom. The second kappa shape index (κ2) is 7.95. The van der Waals surface area contributed by atoms with Gasteiger partial charge in [-0.1, -0.05) is 11.6 Å². The van der Waals surface area contributed by atoms with Crippen molar-refractivity contribution >= 4 is 23.3 Å². The van der Waals surface area contributed by atoms with Crippen molar-refractivity contribution in [3.05, 3.63) is 53.1 Å². The monoisotopic (exact) mass is 415 g/mol. The van der Waals surface area contributed by atoms with Crippen LogP contribution in [-0.2, 0) is 4.79 Å². The van der Waals surface area contributed by atoms with Gasteiger partial charge >= 0.3 is 0 Å². The topological polar surface area (TPSA) is 65.1 Å². The van der Waals surface area contributed by atoms with Gasteiger partial charge in [-0.2, -0.15) is 0 Å². The molecule has 4 rings (SSSR count). The normalized spacial score (nSPS) is 20.3. The van der Waals surface area contributed by atoms with E-state index in [1.165, 1.54) is 0 Å². The zero-order valence-electron chi connectivity index (χ0n) is 16.2. The van der Waals surface area contributed by atoms with Crippen molar-refractivity contribution in [1.82, 2.24) is 4.90 Å². The highest BCUT2D eigenvalue weighted by Crippen LogP contribution is 2.40. The molecule has 0 N–H and O–H groups in total. The van der Waals surface area contributed by atoms with Crippen molar-refractivity contribution in [2.24, 2.45) is 0 Å². The molecule has 1 spiro atoms. The van der Waals surface area contributed by atoms with E-state index >= 15 is 0 Å². The van der Waals surface area contributed by atoms with Crippen LogP contribution >= 0.6 is 11.6 Å². The molecule has 1 atom stereocenters. The largest absolute Gasteiger partial charge is 0.497 e. The van der Waals surface area contributed by atoms with Gasteiger partial charge in [-0.15, -0.1) is 0 Å². The number of hydrogen-bond acceptors (Lipinski definition) is 5. The van der Waals surface area contributed by atoms with Crippen molar-refractivity contribution < 1.29 is 23.8 Å². The molecule has 152 valence electrons. The number of methoxy groups -OCH3 is 1. The van der Waals surface area contributed by atoms with Gasteiger partial charge in [0.15, 0.2) is 5.78 Å². The van der Waals surface area contributed by atoms with Gasteiger partial charge in [-0.05, 0) is 42.5 Å². The standard InChI is InChI=1S/C22H22ClNO5/c1-27-17-6-7-20-18(12-17)19(25)13-22(29-20)9-10-24(14-22)21(26)8-11-28-16-4-2-15(23)3-5-16/h2-7,12H,8-11,13-14H2,1H3. The number of likely N-dealkylation sites (tertiary alicyclic amines) is 1. The van der Waals surface area contributed by atoms with Crippen LogP contribution in [0, 0.1) is 0 Å². The molecule has 2 aliphatic heterocycles. The Morgan fingerprint density at radius 3 is 2.72 bits per heavy atom. The van der Waals surface area contributed by atoms with E-state index in [0.29, 0.717) is 47.3 Å². The summed E-state index contributed by atoms with van der Waals surface area (Å²) in [6.07, 6.45) is 1.16. The highest BCUT2D eigenvalue weighted by Gasteiger charge is 2.46. The fourth-order valence-corrected chi connectivity index (χ4v) is 3.96. The summed E-state index contributed by atoms with van der Waals surface area (Å²) in [5, 5.41) is 0.637. The van der Waals surface area contributed by atoms with Crippen LogP contribution in [-0.4, -0.2) is 49.0 Å². The molecule has 6 nitrogen and oxygen atoms in total. The number of Topliss-reactive ketones (excluding diaryl/α,β-unsaturated/α-hetero) is 1. The summed E-state index contributed by atoms with van der Waals surface area (Å²) in [6, 6.07) is 12.3. The van der Waals surface area contributed by atoms with E-state index in [1.54, 1.807) is 54.5 Å². The van der Waals surface area contributed by atoms with Gasteiger partial charge in [-0.3, -0.25) is 9.59 Å². The average molecular weight is 416 g/mol. The fourth-order valence-electron chi connectivity index (χ4n) is 3.83. The first-order chi connectivity index (χ1) is 14.0. The number of carbonyl (C=O) groups excluding carboxylic acids is 2. The van der Waals surface area contributed by atoms with Gasteiger partial charge in [0.05, 0.1) is 38.7 Å². The lowest BCUT2D eigenvalue weighted by Gasteiger charge is -2.34. The Morgan fingerprint density at radius 1 is 1.21 bits per heavy atom. The minimum Gasteiger partial charge on any atom is -0.497 e. The van der Waals surface area contributed by atoms with Crippen LogP contribution in [0.25, 0.3) is 0 Å². The molecule has 0 aromatic heterocycles. The van der Waals surface area contributed by atoms with E-state index in [1.807, 2.05) is 0 Å². The molecular formula is C22H22ClNO5. The Bertz CT molecular complexity index is 929. The number of rotatable bonds is 5. The molecule has 1 saturated heterocycles. The number of carbonyl (C=O) groups is 2. The number of hydrogen-bond donors (Lipinski definition) is 0. The lowest BCUT2D eigenvalue weighted by Crippen LogP contribution is -2.45. The summed E-state index contributed by atoms with van der Waals surface area (Å²) in [7, 11) is 1.56. The maximum absolute atomic E-state index is 12.7. The van der Waals surface area contributed by atoms with Crippen LogP contribution in [0.3, 0.4) is 0 Å². The van der Waals surface area contributed by atoms with Crippen LogP contribution in [0.2, 0.25) is 5.02 Å². The lowest BCUT2D eigenvalue weighted by molar-refractivity contribution is -0.131. The first-order valence-electron chi connectivity index (χ1n) is 9.54. The smallest absolute Gasteiger partial charge is 0.226 e. The van der Waals surface area contributed by atoms with Crippen molar-refractivity contribution in [1.29, 1.82) is 0 Å². The Balaban J connectivity index is 1.35. The van der Waals surface area contributed by atoms with Gasteiger partial charge < -0.3 is 19.1 Å². The van der Waals surface area contributed by atoms with Crippen LogP contribution in [0.15, 0.2) is 42.5 Å². The van der Waals surface area contributed by atoms with Gasteiger partial charge in [-0.25, -0.2) is 0 Å². The summed E-state index contributed by atoms with van der Waals surface area (Å²) in [5.74, 6) is 1.87. The molecule has 1 unspecified atom stereocenters. The third-order valence-electron chi connectivity index (χ3n) is 5.36. The molecule has 2 aromatic rings. The first-order valence-corrected chi connectivity index (χ1v) is 9.92. The van der Waals surface area contributed by atoms with Crippen LogP contribution < -0.4 is 14.2 Å². The number of amides is 1. The molecule has 1 amide bonds. The molecule has 1 fully saturated rings. The Labute approximate surface area is 174 Å². The molecule has 0 radical (unpaired) electrons. The molecule has 0 aliphatic carbocycles. The number of nitrogens with zero attached hydrogens (tertiary/aromatic N) is 1. The zero-order valence-corrected chi connectivity index (χ0v) is 16.9. The number of ketones is 1. The molecule has 0 saturated carbocycles. The van der Waals surface area contributed by atoms with Gasteiger partial charge in [0.25, 0.3) is 0 Å². The summed E-state index contributed by atoms with van der Waals surface area (Å²) in [6.45, 7) is 1.26. The second-order valence-electron chi connectivity index (χ2n) is 7.36. The number of benzene rings is 2. The second-order valence-corrected chi connectivity index (χ2v) is 7.80. The number of fused-ring (bicyclic) bond motifs is 1. The summed E-state index contributed by atoms with van der Waals surface area (Å²) in [5.41, 5.74) is -0.109. The molecule has 2 heterocycles. The zero-order chi connectivity index (χ0) is 20.4. The lowest BCUT2D eigenvalue weighted by atomic mass is 9.89. The van der Waals surface area contributed by atoms with E-state index in [9.17, 15) is 9.59 Å². The first kappa shape index (κ1) is 19.6. The average Bonchev–Trinajstić information content (AvgIpc) is 3.12. The number of ether oxygens (including phenoxy) is 3. The van der Waals surface area contributed by atoms with E-state index in [4.69, 9.17) is 25.8 Å². The van der Waals surface area contributed by atoms with E-state index < -0.39 is 5.60 Å². The third kappa shape index (κ3) is 4.17.